The molecular weight excluding hydrogens is 424 g/mol. The molecule has 0 saturated carbocycles. The average molecular weight is 450 g/mol. The molecule has 1 saturated heterocycles. The third-order valence-corrected chi connectivity index (χ3v) is 6.55. The van der Waals surface area contributed by atoms with Crippen molar-refractivity contribution in [2.24, 2.45) is 5.16 Å². The van der Waals surface area contributed by atoms with Crippen LogP contribution in [0, 0.1) is 11.8 Å². The fourth-order valence-corrected chi connectivity index (χ4v) is 4.77. The van der Waals surface area contributed by atoms with Gasteiger partial charge in [0.15, 0.2) is 0 Å². The Morgan fingerprint density at radius 2 is 1.73 bits per heavy atom. The standard InChI is InChI=1S/C26H25F2N3O2/c1-32-30-25(20-6-8-22(27)9-7-20)19-4-2-18(3-5-19)16-31-12-10-26(11-13-31)23-15-29-24(28)14-21(23)17-33-26/h2-9,14-15H,10-13,16-17H2,1H3. The lowest BCUT2D eigenvalue weighted by atomic mass is 9.84. The van der Waals surface area contributed by atoms with Crippen LogP contribution in [0.4, 0.5) is 8.78 Å². The number of likely N-dealkylation sites (tertiary alicyclic amines) is 1. The second-order valence-electron chi connectivity index (χ2n) is 8.55. The minimum Gasteiger partial charge on any atom is -0.399 e. The zero-order chi connectivity index (χ0) is 22.8. The minimum atomic E-state index is -0.451. The van der Waals surface area contributed by atoms with Gasteiger partial charge in [-0.05, 0) is 54.3 Å². The first kappa shape index (κ1) is 21.7. The Morgan fingerprint density at radius 3 is 2.39 bits per heavy atom. The fraction of sp³-hybridized carbons (Fsp3) is 0.308. The van der Waals surface area contributed by atoms with Crippen molar-refractivity contribution in [2.75, 3.05) is 20.2 Å². The molecule has 33 heavy (non-hydrogen) atoms. The van der Waals surface area contributed by atoms with Crippen molar-refractivity contribution in [1.82, 2.24) is 9.88 Å². The highest BCUT2D eigenvalue weighted by Gasteiger charge is 2.43. The maximum Gasteiger partial charge on any atom is 0.213 e. The molecule has 0 N–H and O–H groups in total. The minimum absolute atomic E-state index is 0.288. The molecule has 5 nitrogen and oxygen atoms in total. The number of rotatable bonds is 5. The van der Waals surface area contributed by atoms with Crippen LogP contribution in [0.3, 0.4) is 0 Å². The van der Waals surface area contributed by atoms with Crippen molar-refractivity contribution in [2.45, 2.75) is 31.6 Å². The Kier molecular flexibility index (Phi) is 5.91. The summed E-state index contributed by atoms with van der Waals surface area (Å²) < 4.78 is 32.9. The van der Waals surface area contributed by atoms with Gasteiger partial charge in [-0.25, -0.2) is 9.37 Å². The first-order valence-corrected chi connectivity index (χ1v) is 11.0. The van der Waals surface area contributed by atoms with Crippen LogP contribution in [0.25, 0.3) is 0 Å². The highest BCUT2D eigenvalue weighted by atomic mass is 19.1. The second-order valence-corrected chi connectivity index (χ2v) is 8.55. The number of fused-ring (bicyclic) bond motifs is 2. The third kappa shape index (κ3) is 4.38. The Morgan fingerprint density at radius 1 is 1.06 bits per heavy atom. The SMILES string of the molecule is CON=C(c1ccc(F)cc1)c1ccc(CN2CCC3(CC2)OCc2cc(F)ncc23)cc1. The average Bonchev–Trinajstić information content (AvgIpc) is 3.17. The summed E-state index contributed by atoms with van der Waals surface area (Å²) >= 11 is 0. The molecule has 1 fully saturated rings. The van der Waals surface area contributed by atoms with E-state index in [4.69, 9.17) is 9.57 Å². The lowest BCUT2D eigenvalue weighted by molar-refractivity contribution is -0.0800. The van der Waals surface area contributed by atoms with Gasteiger partial charge >= 0.3 is 0 Å². The van der Waals surface area contributed by atoms with E-state index in [0.29, 0.717) is 12.3 Å². The number of ether oxygens (including phenoxy) is 1. The monoisotopic (exact) mass is 449 g/mol. The van der Waals surface area contributed by atoms with E-state index in [2.05, 4.69) is 27.2 Å². The molecule has 5 rings (SSSR count). The van der Waals surface area contributed by atoms with E-state index in [0.717, 1.165) is 54.7 Å². The number of benzene rings is 2. The predicted molar refractivity (Wildman–Crippen MR) is 121 cm³/mol. The molecule has 0 aliphatic carbocycles. The van der Waals surface area contributed by atoms with Crippen LogP contribution in [-0.2, 0) is 28.3 Å². The number of piperidine rings is 1. The number of hydrogen-bond donors (Lipinski definition) is 0. The van der Waals surface area contributed by atoms with Gasteiger partial charge in [0, 0.05) is 42.5 Å². The number of oxime groups is 1. The van der Waals surface area contributed by atoms with Gasteiger partial charge in [0.1, 0.15) is 18.6 Å². The van der Waals surface area contributed by atoms with E-state index >= 15 is 0 Å². The first-order valence-electron chi connectivity index (χ1n) is 11.0. The number of halogens is 2. The number of nitrogens with zero attached hydrogens (tertiary/aromatic N) is 3. The summed E-state index contributed by atoms with van der Waals surface area (Å²) in [6, 6.07) is 15.9. The summed E-state index contributed by atoms with van der Waals surface area (Å²) in [7, 11) is 1.50. The molecule has 2 aliphatic heterocycles. The Labute approximate surface area is 191 Å². The molecule has 0 amide bonds. The van der Waals surface area contributed by atoms with Gasteiger partial charge in [0.2, 0.25) is 5.95 Å². The van der Waals surface area contributed by atoms with Crippen molar-refractivity contribution in [3.8, 4) is 0 Å². The van der Waals surface area contributed by atoms with Crippen LogP contribution in [0.15, 0.2) is 65.9 Å². The summed E-state index contributed by atoms with van der Waals surface area (Å²) in [5.74, 6) is -0.738. The first-order chi connectivity index (χ1) is 16.1. The molecule has 1 aromatic heterocycles. The van der Waals surface area contributed by atoms with Gasteiger partial charge < -0.3 is 9.57 Å². The van der Waals surface area contributed by atoms with Crippen LogP contribution in [0.1, 0.15) is 40.7 Å². The molecule has 0 radical (unpaired) electrons. The maximum atomic E-state index is 13.5. The van der Waals surface area contributed by atoms with E-state index in [9.17, 15) is 8.78 Å². The number of pyridine rings is 1. The quantitative estimate of drug-likeness (QED) is 0.320. The predicted octanol–water partition coefficient (Wildman–Crippen LogP) is 4.78. The normalized spacial score (nSPS) is 17.8. The molecule has 1 spiro atoms. The highest BCUT2D eigenvalue weighted by molar-refractivity contribution is 6.12. The molecule has 170 valence electrons. The van der Waals surface area contributed by atoms with E-state index in [1.807, 2.05) is 12.1 Å². The lowest BCUT2D eigenvalue weighted by Gasteiger charge is -2.39. The van der Waals surface area contributed by atoms with Gasteiger partial charge in [-0.15, -0.1) is 0 Å². The summed E-state index contributed by atoms with van der Waals surface area (Å²) in [4.78, 5) is 11.3. The Bertz CT molecular complexity index is 1160. The van der Waals surface area contributed by atoms with E-state index in [1.165, 1.54) is 30.9 Å². The summed E-state index contributed by atoms with van der Waals surface area (Å²) in [6.45, 7) is 3.07. The lowest BCUT2D eigenvalue weighted by Crippen LogP contribution is -2.42. The molecule has 0 unspecified atom stereocenters. The molecular formula is C26H25F2N3O2. The van der Waals surface area contributed by atoms with Gasteiger partial charge in [-0.3, -0.25) is 4.90 Å². The summed E-state index contributed by atoms with van der Waals surface area (Å²) in [5, 5.41) is 4.15. The molecule has 2 aliphatic rings. The molecule has 2 aromatic carbocycles. The molecule has 3 aromatic rings. The molecule has 3 heterocycles. The van der Waals surface area contributed by atoms with Gasteiger partial charge in [0.25, 0.3) is 0 Å². The Hall–Kier alpha value is -3.16. The molecule has 7 heteroatoms. The smallest absolute Gasteiger partial charge is 0.213 e. The van der Waals surface area contributed by atoms with E-state index in [-0.39, 0.29) is 11.4 Å². The summed E-state index contributed by atoms with van der Waals surface area (Å²) in [5.41, 5.74) is 5.17. The zero-order valence-corrected chi connectivity index (χ0v) is 18.4. The molecule has 0 bridgehead atoms. The number of aromatic nitrogens is 1. The van der Waals surface area contributed by atoms with Crippen LogP contribution < -0.4 is 0 Å². The van der Waals surface area contributed by atoms with E-state index < -0.39 is 5.95 Å². The van der Waals surface area contributed by atoms with Gasteiger partial charge in [-0.1, -0.05) is 29.4 Å². The van der Waals surface area contributed by atoms with Crippen molar-refractivity contribution in [3.63, 3.8) is 0 Å². The van der Waals surface area contributed by atoms with Crippen molar-refractivity contribution in [1.29, 1.82) is 0 Å². The van der Waals surface area contributed by atoms with Crippen LogP contribution in [-0.4, -0.2) is 35.8 Å². The van der Waals surface area contributed by atoms with Crippen molar-refractivity contribution < 1.29 is 18.4 Å². The third-order valence-electron chi connectivity index (χ3n) is 6.55. The highest BCUT2D eigenvalue weighted by Crippen LogP contribution is 2.44. The number of hydrogen-bond acceptors (Lipinski definition) is 5. The summed E-state index contributed by atoms with van der Waals surface area (Å²) in [6.07, 6.45) is 3.37. The van der Waals surface area contributed by atoms with Crippen molar-refractivity contribution >= 4 is 5.71 Å². The maximum absolute atomic E-state index is 13.5. The Balaban J connectivity index is 1.24. The van der Waals surface area contributed by atoms with Gasteiger partial charge in [-0.2, -0.15) is 4.39 Å². The topological polar surface area (TPSA) is 47.0 Å². The van der Waals surface area contributed by atoms with Gasteiger partial charge in [0.05, 0.1) is 12.2 Å². The van der Waals surface area contributed by atoms with Crippen molar-refractivity contribution in [3.05, 3.63) is 100 Å². The largest absolute Gasteiger partial charge is 0.399 e. The fourth-order valence-electron chi connectivity index (χ4n) is 4.77. The van der Waals surface area contributed by atoms with E-state index in [1.54, 1.807) is 18.3 Å². The van der Waals surface area contributed by atoms with Crippen LogP contribution >= 0.6 is 0 Å². The zero-order valence-electron chi connectivity index (χ0n) is 18.4. The molecule has 0 atom stereocenters. The van der Waals surface area contributed by atoms with Crippen LogP contribution in [0.5, 0.6) is 0 Å². The van der Waals surface area contributed by atoms with Crippen LogP contribution in [0.2, 0.25) is 0 Å². The second kappa shape index (κ2) is 9.00.